The largest absolute Gasteiger partial charge is 0.347 e. The first-order chi connectivity index (χ1) is 9.01. The van der Waals surface area contributed by atoms with Gasteiger partial charge in [-0.15, -0.1) is 0 Å². The van der Waals surface area contributed by atoms with Crippen LogP contribution in [0.2, 0.25) is 0 Å². The summed E-state index contributed by atoms with van der Waals surface area (Å²) in [5, 5.41) is 8.87. The molecule has 5 heteroatoms. The quantitative estimate of drug-likeness (QED) is 0.889. The van der Waals surface area contributed by atoms with Crippen molar-refractivity contribution in [3.63, 3.8) is 0 Å². The monoisotopic (exact) mass is 254 g/mol. The predicted molar refractivity (Wildman–Crippen MR) is 73.6 cm³/mol. The maximum atomic E-state index is 11.4. The van der Waals surface area contributed by atoms with Crippen LogP contribution >= 0.6 is 0 Å². The first-order valence-corrected chi connectivity index (χ1v) is 5.83. The summed E-state index contributed by atoms with van der Waals surface area (Å²) >= 11 is 0. The molecule has 0 atom stereocenters. The van der Waals surface area contributed by atoms with Gasteiger partial charge >= 0.3 is 5.69 Å². The van der Waals surface area contributed by atoms with E-state index in [9.17, 15) is 4.79 Å². The number of nitrogens with one attached hydrogen (secondary N) is 1. The number of nitrogens with zero attached hydrogens (tertiary/aromatic N) is 3. The van der Waals surface area contributed by atoms with Gasteiger partial charge < -0.3 is 4.90 Å². The molecule has 0 spiro atoms. The number of nitriles is 1. The number of anilines is 2. The number of H-pyrrole nitrogens is 1. The molecule has 96 valence electrons. The second kappa shape index (κ2) is 4.94. The van der Waals surface area contributed by atoms with Crippen LogP contribution in [0, 0.1) is 25.2 Å². The Hall–Kier alpha value is -2.61. The summed E-state index contributed by atoms with van der Waals surface area (Å²) in [5.41, 5.74) is 2.84. The maximum Gasteiger partial charge on any atom is 0.347 e. The molecule has 19 heavy (non-hydrogen) atoms. The van der Waals surface area contributed by atoms with Crippen LogP contribution in [0.5, 0.6) is 0 Å². The van der Waals surface area contributed by atoms with Crippen LogP contribution in [0.15, 0.2) is 29.1 Å². The molecule has 2 aromatic rings. The van der Waals surface area contributed by atoms with Crippen LogP contribution in [0.25, 0.3) is 0 Å². The van der Waals surface area contributed by atoms with E-state index in [4.69, 9.17) is 5.26 Å². The minimum Gasteiger partial charge on any atom is -0.329 e. The molecule has 0 amide bonds. The number of aryl methyl sites for hydroxylation is 2. The summed E-state index contributed by atoms with van der Waals surface area (Å²) < 4.78 is 0. The Morgan fingerprint density at radius 3 is 2.74 bits per heavy atom. The van der Waals surface area contributed by atoms with E-state index in [-0.39, 0.29) is 5.69 Å². The standard InChI is InChI=1S/C14H14N4O/c1-9-4-5-10(2)12(6-9)18(3)13-7-11(8-15)16-14(19)17-13/h4-7H,1-3H3,(H,16,17,19). The average molecular weight is 254 g/mol. The lowest BCUT2D eigenvalue weighted by Crippen LogP contribution is -2.20. The molecule has 2 rings (SSSR count). The minimum atomic E-state index is -0.522. The molecule has 1 aromatic carbocycles. The first-order valence-electron chi connectivity index (χ1n) is 5.83. The number of hydrogen-bond donors (Lipinski definition) is 1. The molecular weight excluding hydrogens is 240 g/mol. The Morgan fingerprint density at radius 1 is 1.32 bits per heavy atom. The van der Waals surface area contributed by atoms with Crippen LogP contribution < -0.4 is 10.6 Å². The molecule has 1 aromatic heterocycles. The molecule has 1 heterocycles. The van der Waals surface area contributed by atoms with E-state index in [1.807, 2.05) is 45.2 Å². The highest BCUT2D eigenvalue weighted by Gasteiger charge is 2.10. The van der Waals surface area contributed by atoms with Crippen molar-refractivity contribution >= 4 is 11.5 Å². The summed E-state index contributed by atoms with van der Waals surface area (Å²) in [6, 6.07) is 9.53. The Bertz CT molecular complexity index is 712. The average Bonchev–Trinajstić information content (AvgIpc) is 2.40. The fourth-order valence-electron chi connectivity index (χ4n) is 1.88. The molecule has 0 fully saturated rings. The molecule has 0 saturated heterocycles. The SMILES string of the molecule is Cc1ccc(C)c(N(C)c2cc(C#N)[nH]c(=O)n2)c1. The zero-order valence-electron chi connectivity index (χ0n) is 11.1. The maximum absolute atomic E-state index is 11.4. The van der Waals surface area contributed by atoms with Gasteiger partial charge in [0, 0.05) is 18.8 Å². The van der Waals surface area contributed by atoms with Gasteiger partial charge in [0.25, 0.3) is 0 Å². The molecular formula is C14H14N4O. The molecule has 0 unspecified atom stereocenters. The highest BCUT2D eigenvalue weighted by molar-refractivity contribution is 5.64. The van der Waals surface area contributed by atoms with Crippen LogP contribution in [0.1, 0.15) is 16.8 Å². The molecule has 0 radical (unpaired) electrons. The van der Waals surface area contributed by atoms with Crippen LogP contribution in [-0.2, 0) is 0 Å². The van der Waals surface area contributed by atoms with E-state index in [0.717, 1.165) is 16.8 Å². The molecule has 0 aliphatic carbocycles. The van der Waals surface area contributed by atoms with E-state index in [2.05, 4.69) is 9.97 Å². The summed E-state index contributed by atoms with van der Waals surface area (Å²) in [6.45, 7) is 3.99. The number of benzene rings is 1. The van der Waals surface area contributed by atoms with Gasteiger partial charge in [-0.3, -0.25) is 4.98 Å². The summed E-state index contributed by atoms with van der Waals surface area (Å²) in [5.74, 6) is 0.453. The van der Waals surface area contributed by atoms with Crippen molar-refractivity contribution in [2.75, 3.05) is 11.9 Å². The molecule has 0 saturated carbocycles. The zero-order chi connectivity index (χ0) is 14.0. The highest BCUT2D eigenvalue weighted by Crippen LogP contribution is 2.25. The van der Waals surface area contributed by atoms with Crippen molar-refractivity contribution in [1.29, 1.82) is 5.26 Å². The Balaban J connectivity index is 2.53. The molecule has 0 aliphatic rings. The van der Waals surface area contributed by atoms with Crippen molar-refractivity contribution in [3.8, 4) is 6.07 Å². The van der Waals surface area contributed by atoms with E-state index < -0.39 is 5.69 Å². The van der Waals surface area contributed by atoms with E-state index >= 15 is 0 Å². The third-order valence-corrected chi connectivity index (χ3v) is 2.92. The molecule has 0 bridgehead atoms. The van der Waals surface area contributed by atoms with E-state index in [1.165, 1.54) is 0 Å². The van der Waals surface area contributed by atoms with Crippen LogP contribution in [0.3, 0.4) is 0 Å². The fourth-order valence-corrected chi connectivity index (χ4v) is 1.88. The Kier molecular flexibility index (Phi) is 3.34. The van der Waals surface area contributed by atoms with E-state index in [0.29, 0.717) is 5.82 Å². The van der Waals surface area contributed by atoms with Gasteiger partial charge in [-0.1, -0.05) is 12.1 Å². The topological polar surface area (TPSA) is 72.8 Å². The Labute approximate surface area is 111 Å². The van der Waals surface area contributed by atoms with Crippen LogP contribution in [-0.4, -0.2) is 17.0 Å². The van der Waals surface area contributed by atoms with Crippen molar-refractivity contribution in [2.24, 2.45) is 0 Å². The first kappa shape index (κ1) is 12.8. The fraction of sp³-hybridized carbons (Fsp3) is 0.214. The van der Waals surface area contributed by atoms with Crippen molar-refractivity contribution in [2.45, 2.75) is 13.8 Å². The van der Waals surface area contributed by atoms with Gasteiger partial charge in [-0.05, 0) is 31.0 Å². The number of aromatic amines is 1. The second-order valence-corrected chi connectivity index (χ2v) is 4.42. The van der Waals surface area contributed by atoms with Gasteiger partial charge in [0.2, 0.25) is 0 Å². The van der Waals surface area contributed by atoms with Crippen LogP contribution in [0.4, 0.5) is 11.5 Å². The highest BCUT2D eigenvalue weighted by atomic mass is 16.1. The number of hydrogen-bond acceptors (Lipinski definition) is 4. The lowest BCUT2D eigenvalue weighted by Gasteiger charge is -2.20. The van der Waals surface area contributed by atoms with E-state index in [1.54, 1.807) is 11.0 Å². The lowest BCUT2D eigenvalue weighted by molar-refractivity contribution is 1.01. The third-order valence-electron chi connectivity index (χ3n) is 2.92. The Morgan fingerprint density at radius 2 is 2.05 bits per heavy atom. The number of aromatic nitrogens is 2. The minimum absolute atomic E-state index is 0.201. The van der Waals surface area contributed by atoms with Gasteiger partial charge in [0.15, 0.2) is 0 Å². The van der Waals surface area contributed by atoms with Crippen molar-refractivity contribution in [1.82, 2.24) is 9.97 Å². The predicted octanol–water partition coefficient (Wildman–Crippen LogP) is 2.03. The van der Waals surface area contributed by atoms with Gasteiger partial charge in [-0.2, -0.15) is 10.2 Å². The molecule has 0 aliphatic heterocycles. The van der Waals surface area contributed by atoms with Crippen molar-refractivity contribution < 1.29 is 0 Å². The summed E-state index contributed by atoms with van der Waals surface area (Å²) in [6.07, 6.45) is 0. The zero-order valence-corrected chi connectivity index (χ0v) is 11.1. The normalized spacial score (nSPS) is 10.0. The van der Waals surface area contributed by atoms with Gasteiger partial charge in [-0.25, -0.2) is 4.79 Å². The molecule has 1 N–H and O–H groups in total. The van der Waals surface area contributed by atoms with Gasteiger partial charge in [0.05, 0.1) is 0 Å². The summed E-state index contributed by atoms with van der Waals surface area (Å²) in [4.78, 5) is 19.5. The second-order valence-electron chi connectivity index (χ2n) is 4.42. The van der Waals surface area contributed by atoms with Crippen molar-refractivity contribution in [3.05, 3.63) is 51.6 Å². The number of rotatable bonds is 2. The third kappa shape index (κ3) is 2.63. The molecule has 5 nitrogen and oxygen atoms in total. The smallest absolute Gasteiger partial charge is 0.329 e. The summed E-state index contributed by atoms with van der Waals surface area (Å²) in [7, 11) is 1.82. The lowest BCUT2D eigenvalue weighted by atomic mass is 10.1. The van der Waals surface area contributed by atoms with Gasteiger partial charge in [0.1, 0.15) is 17.6 Å².